The summed E-state index contributed by atoms with van der Waals surface area (Å²) < 4.78 is 10.7. The summed E-state index contributed by atoms with van der Waals surface area (Å²) in [6.07, 6.45) is 1.79. The minimum absolute atomic E-state index is 0.339. The van der Waals surface area contributed by atoms with Gasteiger partial charge in [0.1, 0.15) is 0 Å². The molecule has 1 fully saturated rings. The fourth-order valence-electron chi connectivity index (χ4n) is 2.74. The molecule has 0 radical (unpaired) electrons. The molecule has 2 aromatic rings. The van der Waals surface area contributed by atoms with Crippen LogP contribution in [0.5, 0.6) is 0 Å². The lowest BCUT2D eigenvalue weighted by atomic mass is 10.1. The van der Waals surface area contributed by atoms with Gasteiger partial charge in [-0.05, 0) is 37.3 Å². The summed E-state index contributed by atoms with van der Waals surface area (Å²) in [5.41, 5.74) is 2.30. The van der Waals surface area contributed by atoms with E-state index in [9.17, 15) is 4.79 Å². The summed E-state index contributed by atoms with van der Waals surface area (Å²) in [7, 11) is 0. The Labute approximate surface area is 150 Å². The van der Waals surface area contributed by atoms with Crippen molar-refractivity contribution in [2.24, 2.45) is 4.99 Å². The van der Waals surface area contributed by atoms with E-state index in [-0.39, 0.29) is 0 Å². The van der Waals surface area contributed by atoms with Crippen molar-refractivity contribution >= 4 is 34.3 Å². The third-order valence-corrected chi connectivity index (χ3v) is 5.23. The summed E-state index contributed by atoms with van der Waals surface area (Å²) in [6.45, 7) is 5.32. The Morgan fingerprint density at radius 2 is 1.88 bits per heavy atom. The standard InChI is InChI=1S/C19H18N2O3S/c1-13-2-4-14(5-3-13)18-20-16(19(22)24-18)12-15-6-7-17(25-15)21-8-10-23-11-9-21/h2-7,12H,8-11H2,1H3/b16-12-. The number of ether oxygens (including phenoxy) is 2. The Bertz CT molecular complexity index is 846. The molecule has 0 amide bonds. The van der Waals surface area contributed by atoms with Crippen LogP contribution in [0.2, 0.25) is 0 Å². The average Bonchev–Trinajstić information content (AvgIpc) is 3.24. The SMILES string of the molecule is Cc1ccc(C2=N/C(=C\c3ccc(N4CCOCC4)s3)C(=O)O2)cc1. The first-order valence-corrected chi connectivity index (χ1v) is 9.03. The van der Waals surface area contributed by atoms with Gasteiger partial charge < -0.3 is 14.4 Å². The van der Waals surface area contributed by atoms with Crippen LogP contribution in [0, 0.1) is 6.92 Å². The van der Waals surface area contributed by atoms with E-state index in [1.807, 2.05) is 37.3 Å². The summed E-state index contributed by atoms with van der Waals surface area (Å²) >= 11 is 1.64. The van der Waals surface area contributed by atoms with Crippen molar-refractivity contribution in [2.45, 2.75) is 6.92 Å². The third-order valence-electron chi connectivity index (χ3n) is 4.13. The van der Waals surface area contributed by atoms with Crippen molar-refractivity contribution in [1.29, 1.82) is 0 Å². The number of esters is 1. The molecule has 2 aliphatic rings. The van der Waals surface area contributed by atoms with Gasteiger partial charge >= 0.3 is 5.97 Å². The molecule has 3 heterocycles. The fourth-order valence-corrected chi connectivity index (χ4v) is 3.73. The van der Waals surface area contributed by atoms with Crippen LogP contribution in [0.1, 0.15) is 16.0 Å². The van der Waals surface area contributed by atoms with Crippen LogP contribution < -0.4 is 4.90 Å². The van der Waals surface area contributed by atoms with Gasteiger partial charge in [0.25, 0.3) is 0 Å². The summed E-state index contributed by atoms with van der Waals surface area (Å²) in [4.78, 5) is 19.8. The highest BCUT2D eigenvalue weighted by Crippen LogP contribution is 2.29. The van der Waals surface area contributed by atoms with E-state index in [0.717, 1.165) is 42.3 Å². The number of nitrogens with zero attached hydrogens (tertiary/aromatic N) is 2. The van der Waals surface area contributed by atoms with Gasteiger partial charge in [0.05, 0.1) is 18.2 Å². The van der Waals surface area contributed by atoms with Crippen LogP contribution >= 0.6 is 11.3 Å². The van der Waals surface area contributed by atoms with E-state index in [2.05, 4.69) is 16.0 Å². The molecule has 1 saturated heterocycles. The van der Waals surface area contributed by atoms with E-state index < -0.39 is 5.97 Å². The highest BCUT2D eigenvalue weighted by molar-refractivity contribution is 7.16. The van der Waals surface area contributed by atoms with E-state index in [0.29, 0.717) is 11.6 Å². The van der Waals surface area contributed by atoms with E-state index >= 15 is 0 Å². The van der Waals surface area contributed by atoms with Crippen molar-refractivity contribution in [2.75, 3.05) is 31.2 Å². The molecule has 4 rings (SSSR count). The zero-order chi connectivity index (χ0) is 17.2. The number of hydrogen-bond acceptors (Lipinski definition) is 6. The molecule has 0 N–H and O–H groups in total. The molecule has 0 spiro atoms. The lowest BCUT2D eigenvalue weighted by Gasteiger charge is -2.27. The predicted octanol–water partition coefficient (Wildman–Crippen LogP) is 3.24. The largest absolute Gasteiger partial charge is 0.402 e. The zero-order valence-electron chi connectivity index (χ0n) is 13.9. The third kappa shape index (κ3) is 3.50. The fraction of sp³-hybridized carbons (Fsp3) is 0.263. The quantitative estimate of drug-likeness (QED) is 0.627. The predicted molar refractivity (Wildman–Crippen MR) is 99.1 cm³/mol. The average molecular weight is 354 g/mol. The molecule has 0 bridgehead atoms. The van der Waals surface area contributed by atoms with Crippen LogP contribution in [0.25, 0.3) is 6.08 Å². The normalized spacial score (nSPS) is 19.2. The molecule has 1 aromatic carbocycles. The number of rotatable bonds is 3. The van der Waals surface area contributed by atoms with Crippen molar-refractivity contribution < 1.29 is 14.3 Å². The van der Waals surface area contributed by atoms with Crippen molar-refractivity contribution in [3.05, 3.63) is 58.1 Å². The molecule has 0 saturated carbocycles. The van der Waals surface area contributed by atoms with Crippen molar-refractivity contribution in [1.82, 2.24) is 0 Å². The molecular weight excluding hydrogens is 336 g/mol. The number of anilines is 1. The van der Waals surface area contributed by atoms with E-state index in [1.165, 1.54) is 5.00 Å². The first-order chi connectivity index (χ1) is 12.2. The number of aryl methyl sites for hydroxylation is 1. The lowest BCUT2D eigenvalue weighted by molar-refractivity contribution is -0.129. The van der Waals surface area contributed by atoms with Crippen LogP contribution in [0.15, 0.2) is 47.1 Å². The molecule has 0 atom stereocenters. The Kier molecular flexibility index (Phi) is 4.38. The number of carbonyl (C=O) groups is 1. The Hall–Kier alpha value is -2.44. The molecule has 2 aliphatic heterocycles. The number of hydrogen-bond donors (Lipinski definition) is 0. The first-order valence-electron chi connectivity index (χ1n) is 8.21. The smallest absolute Gasteiger partial charge is 0.363 e. The first kappa shape index (κ1) is 16.1. The second-order valence-corrected chi connectivity index (χ2v) is 7.07. The molecule has 25 heavy (non-hydrogen) atoms. The Morgan fingerprint density at radius 1 is 1.12 bits per heavy atom. The van der Waals surface area contributed by atoms with Crippen LogP contribution in [-0.2, 0) is 14.3 Å². The topological polar surface area (TPSA) is 51.1 Å². The van der Waals surface area contributed by atoms with Crippen molar-refractivity contribution in [3.8, 4) is 0 Å². The molecule has 0 aliphatic carbocycles. The minimum Gasteiger partial charge on any atom is -0.402 e. The van der Waals surface area contributed by atoms with Gasteiger partial charge in [0.15, 0.2) is 5.70 Å². The van der Waals surface area contributed by atoms with Crippen molar-refractivity contribution in [3.63, 3.8) is 0 Å². The molecule has 5 nitrogen and oxygen atoms in total. The Morgan fingerprint density at radius 3 is 2.64 bits per heavy atom. The van der Waals surface area contributed by atoms with Gasteiger partial charge in [-0.3, -0.25) is 0 Å². The minimum atomic E-state index is -0.406. The van der Waals surface area contributed by atoms with Gasteiger partial charge in [-0.15, -0.1) is 11.3 Å². The lowest BCUT2D eigenvalue weighted by Crippen LogP contribution is -2.35. The molecule has 6 heteroatoms. The number of cyclic esters (lactones) is 1. The monoisotopic (exact) mass is 354 g/mol. The van der Waals surface area contributed by atoms with Crippen LogP contribution in [0.4, 0.5) is 5.00 Å². The number of morpholine rings is 1. The Balaban J connectivity index is 1.55. The van der Waals surface area contributed by atoms with E-state index in [1.54, 1.807) is 17.4 Å². The summed E-state index contributed by atoms with van der Waals surface area (Å²) in [6, 6.07) is 11.9. The van der Waals surface area contributed by atoms with Gasteiger partial charge in [-0.1, -0.05) is 17.7 Å². The molecule has 0 unspecified atom stereocenters. The van der Waals surface area contributed by atoms with Gasteiger partial charge in [-0.25, -0.2) is 9.79 Å². The highest BCUT2D eigenvalue weighted by atomic mass is 32.1. The zero-order valence-corrected chi connectivity index (χ0v) is 14.7. The molecular formula is C19H18N2O3S. The van der Waals surface area contributed by atoms with E-state index in [4.69, 9.17) is 9.47 Å². The van der Waals surface area contributed by atoms with Gasteiger partial charge in [0, 0.05) is 23.5 Å². The maximum absolute atomic E-state index is 12.1. The molecule has 128 valence electrons. The number of thiophene rings is 1. The summed E-state index contributed by atoms with van der Waals surface area (Å²) in [5.74, 6) is -0.0434. The summed E-state index contributed by atoms with van der Waals surface area (Å²) in [5, 5.41) is 1.18. The second-order valence-electron chi connectivity index (χ2n) is 5.98. The number of aliphatic imine (C=N–C) groups is 1. The highest BCUT2D eigenvalue weighted by Gasteiger charge is 2.24. The van der Waals surface area contributed by atoms with Crippen LogP contribution in [-0.4, -0.2) is 38.2 Å². The maximum Gasteiger partial charge on any atom is 0.363 e. The molecule has 1 aromatic heterocycles. The maximum atomic E-state index is 12.1. The number of carbonyl (C=O) groups excluding carboxylic acids is 1. The van der Waals surface area contributed by atoms with Gasteiger partial charge in [-0.2, -0.15) is 0 Å². The van der Waals surface area contributed by atoms with Gasteiger partial charge in [0.2, 0.25) is 5.90 Å². The second kappa shape index (κ2) is 6.82. The number of benzene rings is 1. The van der Waals surface area contributed by atoms with Crippen LogP contribution in [0.3, 0.4) is 0 Å².